The Bertz CT molecular complexity index is 2910. The number of rotatable bonds is 3. The van der Waals surface area contributed by atoms with Crippen LogP contribution < -0.4 is 0 Å². The van der Waals surface area contributed by atoms with Crippen molar-refractivity contribution in [3.05, 3.63) is 151 Å². The largest absolute Gasteiger partial charge is 0.456 e. The van der Waals surface area contributed by atoms with Gasteiger partial charge in [0.15, 0.2) is 0 Å². The molecule has 0 amide bonds. The Kier molecular flexibility index (Phi) is 5.74. The van der Waals surface area contributed by atoms with Gasteiger partial charge in [0.05, 0.1) is 0 Å². The third-order valence-corrected chi connectivity index (χ3v) is 10.1. The Morgan fingerprint density at radius 3 is 1.58 bits per heavy atom. The molecule has 0 saturated carbocycles. The fourth-order valence-corrected chi connectivity index (χ4v) is 8.02. The second-order valence-corrected chi connectivity index (χ2v) is 12.8. The van der Waals surface area contributed by atoms with E-state index in [-0.39, 0.29) is 0 Å². The molecule has 2 aromatic heterocycles. The van der Waals surface area contributed by atoms with Crippen molar-refractivity contribution < 1.29 is 8.83 Å². The molecule has 0 atom stereocenters. The molecule has 0 fully saturated rings. The number of hydrogen-bond acceptors (Lipinski definition) is 2. The van der Waals surface area contributed by atoms with Crippen LogP contribution in [0.4, 0.5) is 0 Å². The Hall–Kier alpha value is -6.12. The summed E-state index contributed by atoms with van der Waals surface area (Å²) in [5.41, 5.74) is 8.71. The van der Waals surface area contributed by atoms with Gasteiger partial charge in [-0.05, 0) is 104 Å². The average Bonchev–Trinajstić information content (AvgIpc) is 3.67. The van der Waals surface area contributed by atoms with Crippen LogP contribution in [-0.4, -0.2) is 0 Å². The smallest absolute Gasteiger partial charge is 0.143 e. The number of aryl methyl sites for hydroxylation is 1. The maximum absolute atomic E-state index is 6.81. The summed E-state index contributed by atoms with van der Waals surface area (Å²) in [5, 5.41) is 13.2. The Balaban J connectivity index is 1.26. The second-order valence-electron chi connectivity index (χ2n) is 12.8. The van der Waals surface area contributed by atoms with E-state index in [1.807, 2.05) is 19.1 Å². The van der Waals surface area contributed by atoms with E-state index in [0.717, 1.165) is 49.8 Å². The summed E-state index contributed by atoms with van der Waals surface area (Å²) in [6.07, 6.45) is 4.07. The van der Waals surface area contributed by atoms with E-state index in [0.29, 0.717) is 0 Å². The quantitative estimate of drug-likeness (QED) is 0.146. The maximum atomic E-state index is 6.81. The highest BCUT2D eigenvalue weighted by atomic mass is 16.3. The van der Waals surface area contributed by atoms with Gasteiger partial charge in [0, 0.05) is 27.1 Å². The molecule has 0 aliphatic rings. The Labute approximate surface area is 277 Å². The lowest BCUT2D eigenvalue weighted by molar-refractivity contribution is 0.601. The lowest BCUT2D eigenvalue weighted by atomic mass is 9.85. The van der Waals surface area contributed by atoms with Crippen molar-refractivity contribution in [2.45, 2.75) is 13.8 Å². The predicted octanol–water partition coefficient (Wildman–Crippen LogP) is 13.6. The molecule has 226 valence electrons. The highest BCUT2D eigenvalue weighted by Crippen LogP contribution is 2.47. The average molecular weight is 615 g/mol. The first-order valence-electron chi connectivity index (χ1n) is 16.6. The van der Waals surface area contributed by atoms with Crippen LogP contribution in [0.3, 0.4) is 0 Å². The van der Waals surface area contributed by atoms with E-state index in [9.17, 15) is 0 Å². The number of allylic oxidation sites excluding steroid dienone is 1. The van der Waals surface area contributed by atoms with Gasteiger partial charge in [0.1, 0.15) is 22.5 Å². The van der Waals surface area contributed by atoms with Crippen molar-refractivity contribution in [3.8, 4) is 22.3 Å². The summed E-state index contributed by atoms with van der Waals surface area (Å²) in [6, 6.07) is 48.3. The van der Waals surface area contributed by atoms with E-state index in [2.05, 4.69) is 140 Å². The van der Waals surface area contributed by atoms with Crippen LogP contribution in [0.2, 0.25) is 0 Å². The first-order chi connectivity index (χ1) is 23.7. The van der Waals surface area contributed by atoms with Gasteiger partial charge in [-0.1, -0.05) is 115 Å². The van der Waals surface area contributed by atoms with Gasteiger partial charge in [-0.25, -0.2) is 0 Å². The monoisotopic (exact) mass is 614 g/mol. The first kappa shape index (κ1) is 27.0. The molecule has 8 aromatic carbocycles. The third-order valence-electron chi connectivity index (χ3n) is 10.1. The van der Waals surface area contributed by atoms with Crippen LogP contribution in [0.5, 0.6) is 0 Å². The van der Waals surface area contributed by atoms with Gasteiger partial charge < -0.3 is 8.83 Å². The molecule has 0 aliphatic carbocycles. The minimum atomic E-state index is 0.902. The van der Waals surface area contributed by atoms with E-state index < -0.39 is 0 Å². The van der Waals surface area contributed by atoms with Gasteiger partial charge in [-0.15, -0.1) is 0 Å². The lowest BCUT2D eigenvalue weighted by Crippen LogP contribution is -1.90. The van der Waals surface area contributed by atoms with Crippen molar-refractivity contribution in [3.63, 3.8) is 0 Å². The van der Waals surface area contributed by atoms with Crippen molar-refractivity contribution in [2.24, 2.45) is 0 Å². The number of furan rings is 2. The molecule has 0 radical (unpaired) electrons. The van der Waals surface area contributed by atoms with Crippen LogP contribution in [0.25, 0.3) is 104 Å². The van der Waals surface area contributed by atoms with Gasteiger partial charge in [0.25, 0.3) is 0 Å². The molecule has 0 unspecified atom stereocenters. The molecule has 0 saturated heterocycles. The molecule has 10 aromatic rings. The third kappa shape index (κ3) is 3.74. The summed E-state index contributed by atoms with van der Waals surface area (Å²) in [7, 11) is 0. The highest BCUT2D eigenvalue weighted by molar-refractivity contribution is 6.30. The molecular formula is C46H30O2. The summed E-state index contributed by atoms with van der Waals surface area (Å²) in [5.74, 6) is 0.914. The van der Waals surface area contributed by atoms with E-state index in [4.69, 9.17) is 8.83 Å². The molecule has 0 bridgehead atoms. The van der Waals surface area contributed by atoms with Gasteiger partial charge in [-0.2, -0.15) is 0 Å². The molecule has 2 heterocycles. The highest BCUT2D eigenvalue weighted by Gasteiger charge is 2.20. The summed E-state index contributed by atoms with van der Waals surface area (Å²) in [4.78, 5) is 0. The molecule has 0 aliphatic heterocycles. The van der Waals surface area contributed by atoms with Crippen molar-refractivity contribution in [2.75, 3.05) is 0 Å². The van der Waals surface area contributed by atoms with Gasteiger partial charge in [-0.3, -0.25) is 0 Å². The zero-order chi connectivity index (χ0) is 31.9. The summed E-state index contributed by atoms with van der Waals surface area (Å²) < 4.78 is 13.0. The SMILES string of the molecule is C/C=C\c1oc2ccc(-c3c4ccccc4c(-c4ccc5c(c4)oc4c6ccccc6c6ccccc6c54)c4ccccc34)cc2c1C. The van der Waals surface area contributed by atoms with Crippen LogP contribution in [0.1, 0.15) is 18.2 Å². The van der Waals surface area contributed by atoms with Crippen LogP contribution in [-0.2, 0) is 0 Å². The lowest BCUT2D eigenvalue weighted by Gasteiger charge is -2.17. The zero-order valence-electron chi connectivity index (χ0n) is 26.7. The molecule has 0 spiro atoms. The minimum Gasteiger partial charge on any atom is -0.456 e. The van der Waals surface area contributed by atoms with Crippen molar-refractivity contribution in [1.29, 1.82) is 0 Å². The standard InChI is InChI=1S/C46H30O2/c1-3-12-40-27(2)39-25-28(22-24-41(39)47-40)43-33-16-7-9-18-35(33)44(36-19-10-8-17-34(36)43)29-21-23-38-42(26-29)48-46-37-20-11-5-14-31(37)30-13-4-6-15-32(30)45(38)46/h3-26H,1-2H3/b12-3-. The van der Waals surface area contributed by atoms with Crippen molar-refractivity contribution in [1.82, 2.24) is 0 Å². The van der Waals surface area contributed by atoms with E-state index >= 15 is 0 Å². The van der Waals surface area contributed by atoms with Crippen LogP contribution >= 0.6 is 0 Å². The summed E-state index contributed by atoms with van der Waals surface area (Å²) >= 11 is 0. The first-order valence-corrected chi connectivity index (χ1v) is 16.6. The van der Waals surface area contributed by atoms with Crippen LogP contribution in [0.15, 0.2) is 148 Å². The maximum Gasteiger partial charge on any atom is 0.143 e. The molecule has 10 rings (SSSR count). The van der Waals surface area contributed by atoms with E-state index in [1.165, 1.54) is 59.8 Å². The molecule has 48 heavy (non-hydrogen) atoms. The minimum absolute atomic E-state index is 0.902. The number of hydrogen-bond donors (Lipinski definition) is 0. The summed E-state index contributed by atoms with van der Waals surface area (Å²) in [6.45, 7) is 4.16. The normalized spacial score (nSPS) is 12.3. The molecule has 0 N–H and O–H groups in total. The van der Waals surface area contributed by atoms with Crippen LogP contribution in [0, 0.1) is 6.92 Å². The Morgan fingerprint density at radius 1 is 0.438 bits per heavy atom. The molecule has 2 nitrogen and oxygen atoms in total. The number of fused-ring (bicyclic) bond motifs is 11. The van der Waals surface area contributed by atoms with Gasteiger partial charge >= 0.3 is 0 Å². The number of benzene rings is 8. The Morgan fingerprint density at radius 2 is 0.958 bits per heavy atom. The topological polar surface area (TPSA) is 26.3 Å². The van der Waals surface area contributed by atoms with Crippen molar-refractivity contribution >= 4 is 82.1 Å². The zero-order valence-corrected chi connectivity index (χ0v) is 26.7. The molecule has 2 heteroatoms. The fourth-order valence-electron chi connectivity index (χ4n) is 8.02. The second kappa shape index (κ2) is 10.2. The predicted molar refractivity (Wildman–Crippen MR) is 204 cm³/mol. The van der Waals surface area contributed by atoms with Gasteiger partial charge in [0.2, 0.25) is 0 Å². The fraction of sp³-hybridized carbons (Fsp3) is 0.0435. The van der Waals surface area contributed by atoms with E-state index in [1.54, 1.807) is 0 Å². The molecular weight excluding hydrogens is 585 g/mol.